The SMILES string of the molecule is CC(OC(=O)C(C)(C)C)n1cc(-c2cccc(C#N)c2)c2cc(-c3cccc(N(C)C(=O)/C=C/CN(C)C)c3)cnc21. The van der Waals surface area contributed by atoms with Crippen LogP contribution in [-0.2, 0) is 14.3 Å². The van der Waals surface area contributed by atoms with Crippen molar-refractivity contribution in [1.29, 1.82) is 5.26 Å². The third-order valence-electron chi connectivity index (χ3n) is 6.88. The van der Waals surface area contributed by atoms with Crippen molar-refractivity contribution in [2.75, 3.05) is 32.6 Å². The van der Waals surface area contributed by atoms with Crippen molar-refractivity contribution >= 4 is 28.6 Å². The molecule has 0 aliphatic carbocycles. The van der Waals surface area contributed by atoms with Gasteiger partial charge in [-0.1, -0.05) is 30.3 Å². The Morgan fingerprint density at radius 1 is 1.05 bits per heavy atom. The average molecular weight is 564 g/mol. The number of likely N-dealkylation sites (N-methyl/N-ethyl adjacent to an activating group) is 2. The van der Waals surface area contributed by atoms with Gasteiger partial charge in [-0.3, -0.25) is 14.2 Å². The summed E-state index contributed by atoms with van der Waals surface area (Å²) in [5.41, 5.74) is 4.79. The zero-order valence-electron chi connectivity index (χ0n) is 25.3. The third kappa shape index (κ3) is 6.76. The fourth-order valence-electron chi connectivity index (χ4n) is 4.44. The van der Waals surface area contributed by atoms with Crippen molar-refractivity contribution in [2.45, 2.75) is 33.9 Å². The number of hydrogen-bond donors (Lipinski definition) is 0. The molecule has 1 unspecified atom stereocenters. The van der Waals surface area contributed by atoms with Crippen LogP contribution in [0.3, 0.4) is 0 Å². The number of pyridine rings is 1. The third-order valence-corrected chi connectivity index (χ3v) is 6.88. The van der Waals surface area contributed by atoms with E-state index in [4.69, 9.17) is 9.72 Å². The molecule has 1 amide bonds. The zero-order chi connectivity index (χ0) is 30.6. The molecule has 4 aromatic rings. The van der Waals surface area contributed by atoms with Crippen LogP contribution in [0, 0.1) is 16.7 Å². The summed E-state index contributed by atoms with van der Waals surface area (Å²) in [5, 5.41) is 10.4. The highest BCUT2D eigenvalue weighted by atomic mass is 16.6. The molecule has 0 fully saturated rings. The van der Waals surface area contributed by atoms with E-state index in [1.807, 2.05) is 112 Å². The fourth-order valence-corrected chi connectivity index (χ4v) is 4.44. The minimum atomic E-state index is -0.649. The normalized spacial score (nSPS) is 12.5. The number of nitrogens with zero attached hydrogens (tertiary/aromatic N) is 5. The van der Waals surface area contributed by atoms with Crippen LogP contribution < -0.4 is 4.90 Å². The Labute approximate surface area is 247 Å². The average Bonchev–Trinajstić information content (AvgIpc) is 3.35. The Bertz CT molecular complexity index is 1690. The van der Waals surface area contributed by atoms with Crippen molar-refractivity contribution in [3.8, 4) is 28.3 Å². The first-order valence-corrected chi connectivity index (χ1v) is 13.8. The van der Waals surface area contributed by atoms with Crippen molar-refractivity contribution in [1.82, 2.24) is 14.5 Å². The second-order valence-electron chi connectivity index (χ2n) is 11.6. The minimum absolute atomic E-state index is 0.113. The molecule has 8 nitrogen and oxygen atoms in total. The number of carbonyl (C=O) groups is 2. The number of nitriles is 1. The van der Waals surface area contributed by atoms with Crippen LogP contribution in [0.4, 0.5) is 5.69 Å². The summed E-state index contributed by atoms with van der Waals surface area (Å²) in [4.78, 5) is 33.8. The maximum absolute atomic E-state index is 12.8. The topological polar surface area (TPSA) is 91.5 Å². The highest BCUT2D eigenvalue weighted by Gasteiger charge is 2.27. The molecule has 8 heteroatoms. The maximum Gasteiger partial charge on any atom is 0.313 e. The quantitative estimate of drug-likeness (QED) is 0.181. The predicted molar refractivity (Wildman–Crippen MR) is 167 cm³/mol. The van der Waals surface area contributed by atoms with E-state index in [1.54, 1.807) is 30.3 Å². The van der Waals surface area contributed by atoms with Crippen LogP contribution in [0.2, 0.25) is 0 Å². The first-order chi connectivity index (χ1) is 19.9. The largest absolute Gasteiger partial charge is 0.441 e. The molecule has 0 aliphatic rings. The molecule has 4 rings (SSSR count). The summed E-state index contributed by atoms with van der Waals surface area (Å²) in [5.74, 6) is -0.424. The second kappa shape index (κ2) is 12.4. The van der Waals surface area contributed by atoms with Gasteiger partial charge in [-0.25, -0.2) is 4.98 Å². The highest BCUT2D eigenvalue weighted by Crippen LogP contribution is 2.36. The molecule has 0 spiro atoms. The van der Waals surface area contributed by atoms with E-state index in [9.17, 15) is 14.9 Å². The lowest BCUT2D eigenvalue weighted by atomic mass is 9.97. The summed E-state index contributed by atoms with van der Waals surface area (Å²) >= 11 is 0. The molecular weight excluding hydrogens is 526 g/mol. The Balaban J connectivity index is 1.78. The van der Waals surface area contributed by atoms with Gasteiger partial charge in [-0.15, -0.1) is 0 Å². The number of benzene rings is 2. The molecule has 0 saturated carbocycles. The number of carbonyl (C=O) groups excluding carboxylic acids is 2. The van der Waals surface area contributed by atoms with E-state index in [0.29, 0.717) is 17.8 Å². The van der Waals surface area contributed by atoms with Gasteiger partial charge in [-0.2, -0.15) is 5.26 Å². The molecule has 2 heterocycles. The molecule has 42 heavy (non-hydrogen) atoms. The van der Waals surface area contributed by atoms with E-state index in [0.717, 1.165) is 33.3 Å². The van der Waals surface area contributed by atoms with Crippen LogP contribution in [0.5, 0.6) is 0 Å². The van der Waals surface area contributed by atoms with Crippen molar-refractivity contribution in [3.63, 3.8) is 0 Å². The van der Waals surface area contributed by atoms with Gasteiger partial charge >= 0.3 is 5.97 Å². The maximum atomic E-state index is 12.8. The summed E-state index contributed by atoms with van der Waals surface area (Å²) in [6, 6.07) is 19.4. The van der Waals surface area contributed by atoms with E-state index < -0.39 is 11.6 Å². The molecule has 0 aliphatic heterocycles. The van der Waals surface area contributed by atoms with Crippen molar-refractivity contribution in [2.24, 2.45) is 5.41 Å². The van der Waals surface area contributed by atoms with Gasteiger partial charge in [0, 0.05) is 54.3 Å². The van der Waals surface area contributed by atoms with Gasteiger partial charge in [-0.05, 0) is 83.2 Å². The van der Waals surface area contributed by atoms with Gasteiger partial charge in [0.15, 0.2) is 6.23 Å². The molecular formula is C34H37N5O3. The van der Waals surface area contributed by atoms with Crippen molar-refractivity contribution < 1.29 is 14.3 Å². The second-order valence-corrected chi connectivity index (χ2v) is 11.6. The van der Waals surface area contributed by atoms with Crippen LogP contribution in [0.1, 0.15) is 39.5 Å². The standard InChI is InChI=1S/C34H37N5O3/c1-23(42-33(41)34(2,3)4)39-22-30(26-13-8-11-24(17-26)20-35)29-19-27(21-36-32(29)39)25-12-9-14-28(18-25)38(7)31(40)15-10-16-37(5)6/h8-15,17-19,21-23H,16H2,1-7H3/b15-10+. The zero-order valence-corrected chi connectivity index (χ0v) is 25.3. The molecule has 216 valence electrons. The first-order valence-electron chi connectivity index (χ1n) is 13.8. The monoisotopic (exact) mass is 563 g/mol. The lowest BCUT2D eigenvalue weighted by Crippen LogP contribution is -2.26. The summed E-state index contributed by atoms with van der Waals surface area (Å²) in [6.45, 7) is 7.95. The fraction of sp³-hybridized carbons (Fsp3) is 0.294. The summed E-state index contributed by atoms with van der Waals surface area (Å²) in [6.07, 6.45) is 6.52. The predicted octanol–water partition coefficient (Wildman–Crippen LogP) is 6.43. The van der Waals surface area contributed by atoms with E-state index in [1.165, 1.54) is 0 Å². The molecule has 1 atom stereocenters. The van der Waals surface area contributed by atoms with E-state index in [2.05, 4.69) is 6.07 Å². The van der Waals surface area contributed by atoms with Gasteiger partial charge in [0.1, 0.15) is 5.65 Å². The number of anilines is 1. The number of ether oxygens (including phenoxy) is 1. The van der Waals surface area contributed by atoms with Gasteiger partial charge < -0.3 is 14.5 Å². The van der Waals surface area contributed by atoms with Gasteiger partial charge in [0.25, 0.3) is 0 Å². The van der Waals surface area contributed by atoms with Crippen LogP contribution in [0.15, 0.2) is 79.1 Å². The summed E-state index contributed by atoms with van der Waals surface area (Å²) in [7, 11) is 5.65. The van der Waals surface area contributed by atoms with Crippen molar-refractivity contribution in [3.05, 3.63) is 84.7 Å². The number of aromatic nitrogens is 2. The first kappa shape index (κ1) is 30.2. The minimum Gasteiger partial charge on any atom is -0.441 e. The Kier molecular flexibility index (Phi) is 8.93. The highest BCUT2D eigenvalue weighted by molar-refractivity contribution is 6.01. The Hall–Kier alpha value is -4.74. The van der Waals surface area contributed by atoms with Gasteiger partial charge in [0.2, 0.25) is 5.91 Å². The molecule has 0 saturated heterocycles. The lowest BCUT2D eigenvalue weighted by Gasteiger charge is -2.22. The Morgan fingerprint density at radius 3 is 2.45 bits per heavy atom. The molecule has 0 N–H and O–H groups in total. The number of hydrogen-bond acceptors (Lipinski definition) is 6. The Morgan fingerprint density at radius 2 is 1.76 bits per heavy atom. The molecule has 2 aromatic carbocycles. The molecule has 0 radical (unpaired) electrons. The smallest absolute Gasteiger partial charge is 0.313 e. The van der Waals surface area contributed by atoms with Gasteiger partial charge in [0.05, 0.1) is 17.0 Å². The number of rotatable bonds is 8. The van der Waals surface area contributed by atoms with E-state index >= 15 is 0 Å². The van der Waals surface area contributed by atoms with Crippen LogP contribution in [-0.4, -0.2) is 54.0 Å². The lowest BCUT2D eigenvalue weighted by molar-refractivity contribution is -0.162. The van der Waals surface area contributed by atoms with Crippen LogP contribution in [0.25, 0.3) is 33.3 Å². The summed E-state index contributed by atoms with van der Waals surface area (Å²) < 4.78 is 7.66. The number of esters is 1. The molecule has 2 aromatic heterocycles. The number of fused-ring (bicyclic) bond motifs is 1. The van der Waals surface area contributed by atoms with Crippen LogP contribution >= 0.6 is 0 Å². The molecule has 0 bridgehead atoms. The van der Waals surface area contributed by atoms with E-state index in [-0.39, 0.29) is 11.9 Å². The number of amides is 1.